The molecule has 1 aliphatic rings. The maximum atomic E-state index is 12.3. The van der Waals surface area contributed by atoms with Crippen LogP contribution in [-0.4, -0.2) is 67.8 Å². The van der Waals surface area contributed by atoms with E-state index < -0.39 is 0 Å². The molecule has 2 aromatic rings. The second kappa shape index (κ2) is 8.88. The summed E-state index contributed by atoms with van der Waals surface area (Å²) in [7, 11) is 3.16. The summed E-state index contributed by atoms with van der Waals surface area (Å²) in [6, 6.07) is 7.30. The van der Waals surface area contributed by atoms with Crippen molar-refractivity contribution < 1.29 is 18.8 Å². The molecule has 1 aliphatic heterocycles. The summed E-state index contributed by atoms with van der Waals surface area (Å²) in [5.41, 5.74) is 1.64. The molecule has 0 saturated carbocycles. The van der Waals surface area contributed by atoms with Crippen molar-refractivity contribution in [3.05, 3.63) is 35.7 Å². The number of hydrogen-bond donors (Lipinski definition) is 1. The molecule has 1 amide bonds. The number of carbonyl (C=O) groups is 1. The standard InChI is InChI=1S/C19H26N4O4/c1-14-10-16(21-27-14)12-22-6-8-23(9-7-22)13-19(24)20-15-4-5-17(25-2)18(11-15)26-3/h4-5,10-11H,6-9,12-13H2,1-3H3,(H,20,24). The number of nitrogens with zero attached hydrogens (tertiary/aromatic N) is 3. The molecule has 1 fully saturated rings. The molecule has 1 N–H and O–H groups in total. The first kappa shape index (κ1) is 19.2. The number of amides is 1. The van der Waals surface area contributed by atoms with Gasteiger partial charge < -0.3 is 19.3 Å². The molecule has 1 saturated heterocycles. The summed E-state index contributed by atoms with van der Waals surface area (Å²) >= 11 is 0. The van der Waals surface area contributed by atoms with Crippen LogP contribution in [0.5, 0.6) is 11.5 Å². The summed E-state index contributed by atoms with van der Waals surface area (Å²) in [6.07, 6.45) is 0. The maximum Gasteiger partial charge on any atom is 0.238 e. The van der Waals surface area contributed by atoms with Crippen LogP contribution in [0.3, 0.4) is 0 Å². The summed E-state index contributed by atoms with van der Waals surface area (Å²) in [5, 5.41) is 6.95. The van der Waals surface area contributed by atoms with Crippen molar-refractivity contribution in [2.45, 2.75) is 13.5 Å². The minimum Gasteiger partial charge on any atom is -0.493 e. The van der Waals surface area contributed by atoms with Gasteiger partial charge in [-0.25, -0.2) is 0 Å². The minimum atomic E-state index is -0.0391. The van der Waals surface area contributed by atoms with E-state index in [1.807, 2.05) is 13.0 Å². The molecule has 1 aromatic heterocycles. The van der Waals surface area contributed by atoms with E-state index in [0.717, 1.165) is 44.2 Å². The van der Waals surface area contributed by atoms with Crippen molar-refractivity contribution in [2.75, 3.05) is 52.3 Å². The van der Waals surface area contributed by atoms with Gasteiger partial charge in [-0.3, -0.25) is 14.6 Å². The lowest BCUT2D eigenvalue weighted by Crippen LogP contribution is -2.48. The van der Waals surface area contributed by atoms with Crippen LogP contribution >= 0.6 is 0 Å². The average Bonchev–Trinajstić information content (AvgIpc) is 3.08. The van der Waals surface area contributed by atoms with Gasteiger partial charge in [0.1, 0.15) is 5.76 Å². The number of piperazine rings is 1. The van der Waals surface area contributed by atoms with Crippen molar-refractivity contribution in [3.63, 3.8) is 0 Å². The third kappa shape index (κ3) is 5.21. The lowest BCUT2D eigenvalue weighted by Gasteiger charge is -2.33. The number of benzene rings is 1. The van der Waals surface area contributed by atoms with Gasteiger partial charge in [-0.2, -0.15) is 0 Å². The molecular formula is C19H26N4O4. The zero-order chi connectivity index (χ0) is 19.2. The Morgan fingerprint density at radius 1 is 1.11 bits per heavy atom. The molecule has 8 nitrogen and oxygen atoms in total. The van der Waals surface area contributed by atoms with Crippen LogP contribution in [0.1, 0.15) is 11.5 Å². The molecule has 0 spiro atoms. The first-order valence-corrected chi connectivity index (χ1v) is 8.96. The molecule has 2 heterocycles. The third-order valence-electron chi connectivity index (χ3n) is 4.56. The van der Waals surface area contributed by atoms with Crippen LogP contribution in [-0.2, 0) is 11.3 Å². The van der Waals surface area contributed by atoms with Crippen LogP contribution in [0.25, 0.3) is 0 Å². The van der Waals surface area contributed by atoms with Crippen LogP contribution in [0.2, 0.25) is 0 Å². The van der Waals surface area contributed by atoms with E-state index in [1.165, 1.54) is 0 Å². The molecule has 0 unspecified atom stereocenters. The molecule has 0 radical (unpaired) electrons. The van der Waals surface area contributed by atoms with E-state index >= 15 is 0 Å². The number of aryl methyl sites for hydroxylation is 1. The molecular weight excluding hydrogens is 348 g/mol. The third-order valence-corrected chi connectivity index (χ3v) is 4.56. The molecule has 146 valence electrons. The number of aromatic nitrogens is 1. The van der Waals surface area contributed by atoms with Gasteiger partial charge in [0.2, 0.25) is 5.91 Å². The molecule has 27 heavy (non-hydrogen) atoms. The van der Waals surface area contributed by atoms with Gasteiger partial charge >= 0.3 is 0 Å². The highest BCUT2D eigenvalue weighted by atomic mass is 16.5. The first-order chi connectivity index (χ1) is 13.1. The normalized spacial score (nSPS) is 15.5. The van der Waals surface area contributed by atoms with Crippen molar-refractivity contribution >= 4 is 11.6 Å². The Hall–Kier alpha value is -2.58. The van der Waals surface area contributed by atoms with E-state index in [0.29, 0.717) is 23.7 Å². The van der Waals surface area contributed by atoms with Crippen LogP contribution < -0.4 is 14.8 Å². The van der Waals surface area contributed by atoms with Gasteiger partial charge in [-0.15, -0.1) is 0 Å². The summed E-state index contributed by atoms with van der Waals surface area (Å²) in [4.78, 5) is 16.8. The van der Waals surface area contributed by atoms with Gasteiger partial charge in [-0.1, -0.05) is 5.16 Å². The second-order valence-corrected chi connectivity index (χ2v) is 6.60. The summed E-state index contributed by atoms with van der Waals surface area (Å²) in [6.45, 7) is 6.52. The van der Waals surface area contributed by atoms with Crippen LogP contribution in [0, 0.1) is 6.92 Å². The average molecular weight is 374 g/mol. The number of methoxy groups -OCH3 is 2. The number of nitrogens with one attached hydrogen (secondary N) is 1. The van der Waals surface area contributed by atoms with Crippen molar-refractivity contribution in [1.82, 2.24) is 15.0 Å². The number of ether oxygens (including phenoxy) is 2. The fourth-order valence-electron chi connectivity index (χ4n) is 3.14. The molecule has 8 heteroatoms. The van der Waals surface area contributed by atoms with Gasteiger partial charge in [-0.05, 0) is 19.1 Å². The fraction of sp³-hybridized carbons (Fsp3) is 0.474. The topological polar surface area (TPSA) is 80.1 Å². The Kier molecular flexibility index (Phi) is 6.31. The van der Waals surface area contributed by atoms with Crippen molar-refractivity contribution in [1.29, 1.82) is 0 Å². The lowest BCUT2D eigenvalue weighted by atomic mass is 10.2. The Bertz CT molecular complexity index is 769. The highest BCUT2D eigenvalue weighted by Gasteiger charge is 2.20. The van der Waals surface area contributed by atoms with Crippen molar-refractivity contribution in [3.8, 4) is 11.5 Å². The maximum absolute atomic E-state index is 12.3. The zero-order valence-corrected chi connectivity index (χ0v) is 16.0. The fourth-order valence-corrected chi connectivity index (χ4v) is 3.14. The predicted molar refractivity (Wildman–Crippen MR) is 101 cm³/mol. The zero-order valence-electron chi connectivity index (χ0n) is 16.0. The lowest BCUT2D eigenvalue weighted by molar-refractivity contribution is -0.117. The summed E-state index contributed by atoms with van der Waals surface area (Å²) < 4.78 is 15.6. The van der Waals surface area contributed by atoms with Crippen molar-refractivity contribution in [2.24, 2.45) is 0 Å². The molecule has 0 aliphatic carbocycles. The van der Waals surface area contributed by atoms with Crippen LogP contribution in [0.15, 0.2) is 28.8 Å². The van der Waals surface area contributed by atoms with E-state index in [4.69, 9.17) is 14.0 Å². The molecule has 0 atom stereocenters. The van der Waals surface area contributed by atoms with Crippen LogP contribution in [0.4, 0.5) is 5.69 Å². The molecule has 1 aromatic carbocycles. The Labute approximate surface area is 159 Å². The van der Waals surface area contributed by atoms with Gasteiger partial charge in [0.25, 0.3) is 0 Å². The Morgan fingerprint density at radius 2 is 1.81 bits per heavy atom. The highest BCUT2D eigenvalue weighted by molar-refractivity contribution is 5.92. The Balaban J connectivity index is 1.45. The highest BCUT2D eigenvalue weighted by Crippen LogP contribution is 2.29. The second-order valence-electron chi connectivity index (χ2n) is 6.60. The molecule has 0 bridgehead atoms. The number of carbonyl (C=O) groups excluding carboxylic acids is 1. The van der Waals surface area contributed by atoms with Gasteiger partial charge in [0.05, 0.1) is 26.5 Å². The minimum absolute atomic E-state index is 0.0391. The number of anilines is 1. The van der Waals surface area contributed by atoms with E-state index in [2.05, 4.69) is 20.3 Å². The Morgan fingerprint density at radius 3 is 2.44 bits per heavy atom. The van der Waals surface area contributed by atoms with Gasteiger partial charge in [0, 0.05) is 50.5 Å². The SMILES string of the molecule is COc1ccc(NC(=O)CN2CCN(Cc3cc(C)on3)CC2)cc1OC. The predicted octanol–water partition coefficient (Wildman–Crippen LogP) is 1.76. The van der Waals surface area contributed by atoms with Gasteiger partial charge in [0.15, 0.2) is 11.5 Å². The van der Waals surface area contributed by atoms with E-state index in [-0.39, 0.29) is 5.91 Å². The van der Waals surface area contributed by atoms with E-state index in [1.54, 1.807) is 32.4 Å². The largest absolute Gasteiger partial charge is 0.493 e. The summed E-state index contributed by atoms with van der Waals surface area (Å²) in [5.74, 6) is 2.01. The number of rotatable bonds is 7. The van der Waals surface area contributed by atoms with E-state index in [9.17, 15) is 4.79 Å². The number of hydrogen-bond acceptors (Lipinski definition) is 7. The smallest absolute Gasteiger partial charge is 0.238 e. The monoisotopic (exact) mass is 374 g/mol. The molecule has 3 rings (SSSR count). The quantitative estimate of drug-likeness (QED) is 0.791. The first-order valence-electron chi connectivity index (χ1n) is 8.96.